The minimum absolute atomic E-state index is 0.294. The van der Waals surface area contributed by atoms with Gasteiger partial charge in [-0.05, 0) is 35.7 Å². The molecule has 2 aromatic carbocycles. The molecule has 0 aliphatic heterocycles. The van der Waals surface area contributed by atoms with E-state index in [-0.39, 0.29) is 0 Å². The summed E-state index contributed by atoms with van der Waals surface area (Å²) in [7, 11) is 0. The summed E-state index contributed by atoms with van der Waals surface area (Å²) in [5.74, 6) is 0.294. The average molecular weight is 198 g/mol. The summed E-state index contributed by atoms with van der Waals surface area (Å²) in [6.07, 6.45) is 0.771. The molecule has 2 heteroatoms. The number of nitrogens with two attached hydrogens (primary N) is 1. The summed E-state index contributed by atoms with van der Waals surface area (Å²) in [6, 6.07) is 15.8. The minimum Gasteiger partial charge on any atom is -0.508 e. The van der Waals surface area contributed by atoms with Crippen LogP contribution < -0.4 is 5.73 Å². The summed E-state index contributed by atoms with van der Waals surface area (Å²) in [5.41, 5.74) is 8.48. The van der Waals surface area contributed by atoms with Gasteiger partial charge in [0.2, 0.25) is 0 Å². The molecule has 0 atom stereocenters. The molecule has 0 spiro atoms. The van der Waals surface area contributed by atoms with Crippen LogP contribution in [0.25, 0.3) is 0 Å². The van der Waals surface area contributed by atoms with Crippen LogP contribution in [0, 0.1) is 6.07 Å². The average Bonchev–Trinajstić information content (AvgIpc) is 2.17. The third kappa shape index (κ3) is 2.50. The van der Waals surface area contributed by atoms with E-state index >= 15 is 0 Å². The lowest BCUT2D eigenvalue weighted by Gasteiger charge is -2.03. The van der Waals surface area contributed by atoms with Gasteiger partial charge in [0.25, 0.3) is 0 Å². The fourth-order valence-electron chi connectivity index (χ4n) is 1.55. The van der Waals surface area contributed by atoms with Crippen LogP contribution in [0.3, 0.4) is 0 Å². The van der Waals surface area contributed by atoms with E-state index in [2.05, 4.69) is 6.07 Å². The Labute approximate surface area is 89.0 Å². The Morgan fingerprint density at radius 2 is 1.93 bits per heavy atom. The van der Waals surface area contributed by atoms with Crippen molar-refractivity contribution in [2.45, 2.75) is 6.42 Å². The predicted molar refractivity (Wildman–Crippen MR) is 60.6 cm³/mol. The maximum atomic E-state index is 9.31. The van der Waals surface area contributed by atoms with Crippen molar-refractivity contribution in [3.63, 3.8) is 0 Å². The molecule has 0 fully saturated rings. The van der Waals surface area contributed by atoms with Gasteiger partial charge in [0.05, 0.1) is 0 Å². The number of hydrogen-bond acceptors (Lipinski definition) is 2. The van der Waals surface area contributed by atoms with Crippen molar-refractivity contribution in [2.24, 2.45) is 0 Å². The Bertz CT molecular complexity index is 422. The van der Waals surface area contributed by atoms with Gasteiger partial charge in [-0.2, -0.15) is 0 Å². The summed E-state index contributed by atoms with van der Waals surface area (Å²) in [6.45, 7) is 0. The monoisotopic (exact) mass is 198 g/mol. The largest absolute Gasteiger partial charge is 0.508 e. The third-order valence-electron chi connectivity index (χ3n) is 2.21. The standard InChI is InChI=1S/C13H12NO/c14-12-5-1-3-10(8-12)7-11-4-2-6-13(15)9-11/h1-4,6,8-9,15H,7,14H2. The second kappa shape index (κ2) is 4.05. The summed E-state index contributed by atoms with van der Waals surface area (Å²) >= 11 is 0. The zero-order valence-corrected chi connectivity index (χ0v) is 8.27. The zero-order valence-electron chi connectivity index (χ0n) is 8.27. The molecule has 0 saturated heterocycles. The quantitative estimate of drug-likeness (QED) is 0.728. The van der Waals surface area contributed by atoms with Crippen molar-refractivity contribution in [3.8, 4) is 5.75 Å². The molecule has 0 saturated carbocycles. The van der Waals surface area contributed by atoms with Gasteiger partial charge < -0.3 is 10.8 Å². The summed E-state index contributed by atoms with van der Waals surface area (Å²) in [5, 5.41) is 9.31. The lowest BCUT2D eigenvalue weighted by Crippen LogP contribution is -1.90. The molecule has 0 amide bonds. The molecule has 2 rings (SSSR count). The van der Waals surface area contributed by atoms with Crippen LogP contribution >= 0.6 is 0 Å². The van der Waals surface area contributed by atoms with E-state index in [1.54, 1.807) is 12.1 Å². The van der Waals surface area contributed by atoms with Crippen molar-refractivity contribution in [3.05, 3.63) is 59.7 Å². The molecular formula is C13H12NO. The maximum absolute atomic E-state index is 9.31. The van der Waals surface area contributed by atoms with E-state index in [1.165, 1.54) is 0 Å². The van der Waals surface area contributed by atoms with Crippen LogP contribution in [0.5, 0.6) is 5.75 Å². The molecule has 0 heterocycles. The number of phenols is 1. The SMILES string of the molecule is Nc1[c]ccc(Cc2cccc(O)c2)c1. The fourth-order valence-corrected chi connectivity index (χ4v) is 1.55. The van der Waals surface area contributed by atoms with Gasteiger partial charge in [-0.25, -0.2) is 0 Å². The Morgan fingerprint density at radius 3 is 2.67 bits per heavy atom. The second-order valence-corrected chi connectivity index (χ2v) is 3.50. The van der Waals surface area contributed by atoms with Crippen LogP contribution in [-0.2, 0) is 6.42 Å². The van der Waals surface area contributed by atoms with Crippen LogP contribution in [0.15, 0.2) is 42.5 Å². The van der Waals surface area contributed by atoms with Crippen LogP contribution in [0.1, 0.15) is 11.1 Å². The Balaban J connectivity index is 2.22. The van der Waals surface area contributed by atoms with Crippen molar-refractivity contribution in [1.82, 2.24) is 0 Å². The van der Waals surface area contributed by atoms with Gasteiger partial charge in [-0.3, -0.25) is 0 Å². The molecule has 0 aliphatic rings. The second-order valence-electron chi connectivity index (χ2n) is 3.50. The molecule has 15 heavy (non-hydrogen) atoms. The van der Waals surface area contributed by atoms with E-state index in [4.69, 9.17) is 5.73 Å². The highest BCUT2D eigenvalue weighted by Gasteiger charge is 1.97. The van der Waals surface area contributed by atoms with Crippen molar-refractivity contribution >= 4 is 5.69 Å². The Morgan fingerprint density at radius 1 is 1.13 bits per heavy atom. The Hall–Kier alpha value is -1.96. The molecule has 1 radical (unpaired) electrons. The highest BCUT2D eigenvalue weighted by Crippen LogP contribution is 2.16. The van der Waals surface area contributed by atoms with Crippen LogP contribution in [-0.4, -0.2) is 5.11 Å². The van der Waals surface area contributed by atoms with E-state index in [1.807, 2.05) is 30.3 Å². The van der Waals surface area contributed by atoms with E-state index < -0.39 is 0 Å². The van der Waals surface area contributed by atoms with Gasteiger partial charge in [0.15, 0.2) is 0 Å². The number of hydrogen-bond donors (Lipinski definition) is 2. The number of phenolic OH excluding ortho intramolecular Hbond substituents is 1. The topological polar surface area (TPSA) is 46.2 Å². The van der Waals surface area contributed by atoms with Gasteiger partial charge >= 0.3 is 0 Å². The highest BCUT2D eigenvalue weighted by molar-refractivity contribution is 5.41. The molecule has 2 nitrogen and oxygen atoms in total. The highest BCUT2D eigenvalue weighted by atomic mass is 16.3. The van der Waals surface area contributed by atoms with Crippen LogP contribution in [0.2, 0.25) is 0 Å². The number of rotatable bonds is 2. The molecule has 75 valence electrons. The first kappa shape index (κ1) is 9.59. The lowest BCUT2D eigenvalue weighted by molar-refractivity contribution is 0.474. The lowest BCUT2D eigenvalue weighted by atomic mass is 10.0. The number of anilines is 1. The number of nitrogen functional groups attached to an aromatic ring is 1. The normalized spacial score (nSPS) is 10.1. The number of benzene rings is 2. The van der Waals surface area contributed by atoms with Crippen molar-refractivity contribution in [1.29, 1.82) is 0 Å². The first-order valence-electron chi connectivity index (χ1n) is 4.78. The van der Waals surface area contributed by atoms with Gasteiger partial charge in [-0.15, -0.1) is 0 Å². The van der Waals surface area contributed by atoms with E-state index in [0.29, 0.717) is 11.4 Å². The van der Waals surface area contributed by atoms with Crippen molar-refractivity contribution in [2.75, 3.05) is 5.73 Å². The first-order chi connectivity index (χ1) is 7.24. The smallest absolute Gasteiger partial charge is 0.115 e. The maximum Gasteiger partial charge on any atom is 0.115 e. The molecule has 2 aromatic rings. The molecule has 3 N–H and O–H groups in total. The molecule has 0 unspecified atom stereocenters. The molecule has 0 aromatic heterocycles. The van der Waals surface area contributed by atoms with E-state index in [9.17, 15) is 5.11 Å². The first-order valence-corrected chi connectivity index (χ1v) is 4.78. The summed E-state index contributed by atoms with van der Waals surface area (Å²) in [4.78, 5) is 0. The minimum atomic E-state index is 0.294. The fraction of sp³-hybridized carbons (Fsp3) is 0.0769. The van der Waals surface area contributed by atoms with Gasteiger partial charge in [-0.1, -0.05) is 24.3 Å². The summed E-state index contributed by atoms with van der Waals surface area (Å²) < 4.78 is 0. The number of aromatic hydroxyl groups is 1. The molecule has 0 aliphatic carbocycles. The van der Waals surface area contributed by atoms with E-state index in [0.717, 1.165) is 17.5 Å². The van der Waals surface area contributed by atoms with Gasteiger partial charge in [0, 0.05) is 11.8 Å². The Kier molecular flexibility index (Phi) is 2.59. The predicted octanol–water partition coefficient (Wildman–Crippen LogP) is 2.37. The molecular weight excluding hydrogens is 186 g/mol. The van der Waals surface area contributed by atoms with Crippen LogP contribution in [0.4, 0.5) is 5.69 Å². The van der Waals surface area contributed by atoms with Crippen molar-refractivity contribution < 1.29 is 5.11 Å². The molecule has 0 bridgehead atoms. The van der Waals surface area contributed by atoms with Gasteiger partial charge in [0.1, 0.15) is 5.75 Å². The third-order valence-corrected chi connectivity index (χ3v) is 2.21. The zero-order chi connectivity index (χ0) is 10.7.